The van der Waals surface area contributed by atoms with Gasteiger partial charge in [0.2, 0.25) is 0 Å². The van der Waals surface area contributed by atoms with E-state index in [1.807, 2.05) is 53.4 Å². The Hall–Kier alpha value is -2.20. The van der Waals surface area contributed by atoms with E-state index in [0.29, 0.717) is 18.1 Å². The number of hydrogen-bond acceptors (Lipinski definition) is 3. The van der Waals surface area contributed by atoms with E-state index in [2.05, 4.69) is 4.90 Å². The van der Waals surface area contributed by atoms with Crippen LogP contribution in [0.1, 0.15) is 10.4 Å². The number of amides is 1. The molecule has 1 saturated heterocycles. The summed E-state index contributed by atoms with van der Waals surface area (Å²) in [5.74, 6) is 0.889. The molecule has 2 aromatic carbocycles. The zero-order valence-corrected chi connectivity index (χ0v) is 13.8. The van der Waals surface area contributed by atoms with E-state index in [9.17, 15) is 4.79 Å². The number of carbonyl (C=O) groups excluding carboxylic acids is 1. The van der Waals surface area contributed by atoms with Crippen molar-refractivity contribution in [3.8, 4) is 5.75 Å². The highest BCUT2D eigenvalue weighted by Gasteiger charge is 2.23. The van der Waals surface area contributed by atoms with Crippen LogP contribution in [0.4, 0.5) is 5.69 Å². The molecule has 2 aromatic rings. The Bertz CT molecular complexity index is 683. The second-order valence-corrected chi connectivity index (χ2v) is 5.90. The maximum atomic E-state index is 12.5. The van der Waals surface area contributed by atoms with Gasteiger partial charge < -0.3 is 14.5 Å². The molecule has 0 unspecified atom stereocenters. The van der Waals surface area contributed by atoms with Gasteiger partial charge in [0.15, 0.2) is 0 Å². The fraction of sp³-hybridized carbons (Fsp3) is 0.278. The minimum absolute atomic E-state index is 0.0864. The predicted octanol–water partition coefficient (Wildman–Crippen LogP) is 3.31. The SMILES string of the molecule is COc1ccc(Cl)cc1N1CCN(C(=O)c2ccccc2)CC1. The first kappa shape index (κ1) is 15.7. The van der Waals surface area contributed by atoms with Crippen LogP contribution in [0.3, 0.4) is 0 Å². The highest BCUT2D eigenvalue weighted by atomic mass is 35.5. The largest absolute Gasteiger partial charge is 0.495 e. The number of hydrogen-bond donors (Lipinski definition) is 0. The standard InChI is InChI=1S/C18H19ClN2O2/c1-23-17-8-7-15(19)13-16(17)20-9-11-21(12-10-20)18(22)14-5-3-2-4-6-14/h2-8,13H,9-12H2,1H3. The number of ether oxygens (including phenoxy) is 1. The highest BCUT2D eigenvalue weighted by molar-refractivity contribution is 6.30. The Balaban J connectivity index is 1.69. The summed E-state index contributed by atoms with van der Waals surface area (Å²) in [5, 5.41) is 0.684. The number of benzene rings is 2. The molecule has 1 heterocycles. The minimum Gasteiger partial charge on any atom is -0.495 e. The van der Waals surface area contributed by atoms with E-state index in [1.54, 1.807) is 7.11 Å². The Labute approximate surface area is 141 Å². The van der Waals surface area contributed by atoms with E-state index in [4.69, 9.17) is 16.3 Å². The lowest BCUT2D eigenvalue weighted by atomic mass is 10.1. The van der Waals surface area contributed by atoms with E-state index < -0.39 is 0 Å². The molecule has 0 saturated carbocycles. The molecule has 120 valence electrons. The van der Waals surface area contributed by atoms with E-state index in [0.717, 1.165) is 30.1 Å². The van der Waals surface area contributed by atoms with Crippen LogP contribution in [0.15, 0.2) is 48.5 Å². The van der Waals surface area contributed by atoms with Crippen molar-refractivity contribution < 1.29 is 9.53 Å². The van der Waals surface area contributed by atoms with Crippen LogP contribution in [-0.2, 0) is 0 Å². The maximum absolute atomic E-state index is 12.5. The quantitative estimate of drug-likeness (QED) is 0.865. The topological polar surface area (TPSA) is 32.8 Å². The third-order valence-corrected chi connectivity index (χ3v) is 4.30. The predicted molar refractivity (Wildman–Crippen MR) is 92.6 cm³/mol. The third-order valence-electron chi connectivity index (χ3n) is 4.07. The van der Waals surface area contributed by atoms with Gasteiger partial charge in [0.05, 0.1) is 12.8 Å². The third kappa shape index (κ3) is 3.42. The fourth-order valence-corrected chi connectivity index (χ4v) is 2.99. The number of nitrogens with zero attached hydrogens (tertiary/aromatic N) is 2. The molecule has 0 N–H and O–H groups in total. The van der Waals surface area contributed by atoms with E-state index in [-0.39, 0.29) is 5.91 Å². The molecular formula is C18H19ClN2O2. The first-order chi connectivity index (χ1) is 11.2. The Morgan fingerprint density at radius 1 is 1.04 bits per heavy atom. The number of methoxy groups -OCH3 is 1. The van der Waals surface area contributed by atoms with Crippen molar-refractivity contribution in [1.82, 2.24) is 4.90 Å². The second-order valence-electron chi connectivity index (χ2n) is 5.46. The molecule has 0 radical (unpaired) electrons. The van der Waals surface area contributed by atoms with E-state index >= 15 is 0 Å². The molecule has 1 fully saturated rings. The molecule has 4 nitrogen and oxygen atoms in total. The summed E-state index contributed by atoms with van der Waals surface area (Å²) >= 11 is 6.11. The Morgan fingerprint density at radius 2 is 1.74 bits per heavy atom. The summed E-state index contributed by atoms with van der Waals surface area (Å²) < 4.78 is 5.42. The van der Waals surface area contributed by atoms with Crippen LogP contribution in [0.2, 0.25) is 5.02 Å². The van der Waals surface area contributed by atoms with Gasteiger partial charge in [-0.15, -0.1) is 0 Å². The van der Waals surface area contributed by atoms with Crippen LogP contribution in [0.5, 0.6) is 5.75 Å². The van der Waals surface area contributed by atoms with Gasteiger partial charge in [-0.3, -0.25) is 4.79 Å². The molecule has 1 amide bonds. The average molecular weight is 331 g/mol. The summed E-state index contributed by atoms with van der Waals surface area (Å²) in [5.41, 5.74) is 1.72. The van der Waals surface area contributed by atoms with Crippen LogP contribution in [0, 0.1) is 0 Å². The van der Waals surface area contributed by atoms with Gasteiger partial charge in [0, 0.05) is 36.8 Å². The lowest BCUT2D eigenvalue weighted by molar-refractivity contribution is 0.0746. The first-order valence-electron chi connectivity index (χ1n) is 7.62. The minimum atomic E-state index is 0.0864. The van der Waals surface area contributed by atoms with Crippen molar-refractivity contribution >= 4 is 23.2 Å². The Kier molecular flexibility index (Phi) is 4.72. The van der Waals surface area contributed by atoms with Crippen molar-refractivity contribution in [3.63, 3.8) is 0 Å². The van der Waals surface area contributed by atoms with Crippen LogP contribution < -0.4 is 9.64 Å². The summed E-state index contributed by atoms with van der Waals surface area (Å²) in [6.07, 6.45) is 0. The smallest absolute Gasteiger partial charge is 0.253 e. The molecule has 23 heavy (non-hydrogen) atoms. The molecule has 0 spiro atoms. The lowest BCUT2D eigenvalue weighted by Gasteiger charge is -2.36. The monoisotopic (exact) mass is 330 g/mol. The maximum Gasteiger partial charge on any atom is 0.253 e. The molecule has 0 aromatic heterocycles. The second kappa shape index (κ2) is 6.92. The summed E-state index contributed by atoms with van der Waals surface area (Å²) in [4.78, 5) is 16.6. The van der Waals surface area contributed by atoms with Gasteiger partial charge in [0.25, 0.3) is 5.91 Å². The summed E-state index contributed by atoms with van der Waals surface area (Å²) in [7, 11) is 1.65. The van der Waals surface area contributed by atoms with Gasteiger partial charge in [-0.05, 0) is 30.3 Å². The summed E-state index contributed by atoms with van der Waals surface area (Å²) in [6.45, 7) is 2.89. The van der Waals surface area contributed by atoms with Crippen molar-refractivity contribution in [3.05, 3.63) is 59.1 Å². The Morgan fingerprint density at radius 3 is 2.39 bits per heavy atom. The van der Waals surface area contributed by atoms with E-state index in [1.165, 1.54) is 0 Å². The number of piperazine rings is 1. The lowest BCUT2D eigenvalue weighted by Crippen LogP contribution is -2.48. The molecule has 3 rings (SSSR count). The normalized spacial score (nSPS) is 14.7. The highest BCUT2D eigenvalue weighted by Crippen LogP contribution is 2.31. The molecule has 0 aliphatic carbocycles. The van der Waals surface area contributed by atoms with Crippen LogP contribution >= 0.6 is 11.6 Å². The number of rotatable bonds is 3. The zero-order chi connectivity index (χ0) is 16.2. The molecule has 1 aliphatic heterocycles. The molecular weight excluding hydrogens is 312 g/mol. The van der Waals surface area contributed by atoms with Gasteiger partial charge in [-0.2, -0.15) is 0 Å². The number of carbonyl (C=O) groups is 1. The van der Waals surface area contributed by atoms with Gasteiger partial charge in [-0.1, -0.05) is 29.8 Å². The number of halogens is 1. The van der Waals surface area contributed by atoms with Crippen molar-refractivity contribution in [2.45, 2.75) is 0 Å². The fourth-order valence-electron chi connectivity index (χ4n) is 2.82. The van der Waals surface area contributed by atoms with Crippen molar-refractivity contribution in [2.24, 2.45) is 0 Å². The number of anilines is 1. The van der Waals surface area contributed by atoms with Crippen LogP contribution in [-0.4, -0.2) is 44.1 Å². The van der Waals surface area contributed by atoms with Gasteiger partial charge >= 0.3 is 0 Å². The van der Waals surface area contributed by atoms with Crippen molar-refractivity contribution in [1.29, 1.82) is 0 Å². The zero-order valence-electron chi connectivity index (χ0n) is 13.0. The van der Waals surface area contributed by atoms with Crippen LogP contribution in [0.25, 0.3) is 0 Å². The average Bonchev–Trinajstić information content (AvgIpc) is 2.62. The van der Waals surface area contributed by atoms with Gasteiger partial charge in [0.1, 0.15) is 5.75 Å². The molecule has 0 atom stereocenters. The molecule has 0 bridgehead atoms. The molecule has 1 aliphatic rings. The van der Waals surface area contributed by atoms with Gasteiger partial charge in [-0.25, -0.2) is 0 Å². The molecule has 5 heteroatoms. The first-order valence-corrected chi connectivity index (χ1v) is 7.99. The summed E-state index contributed by atoms with van der Waals surface area (Å²) in [6, 6.07) is 15.0. The van der Waals surface area contributed by atoms with Crippen molar-refractivity contribution in [2.75, 3.05) is 38.2 Å².